The Bertz CT molecular complexity index is 1050. The van der Waals surface area contributed by atoms with Gasteiger partial charge in [0, 0.05) is 17.8 Å². The number of carbonyl (C=O) groups is 1. The maximum atomic E-state index is 12.8. The van der Waals surface area contributed by atoms with Gasteiger partial charge in [0.05, 0.1) is 39.7 Å². The number of pyridine rings is 2. The molecule has 0 radical (unpaired) electrons. The second-order valence-electron chi connectivity index (χ2n) is 5.88. The van der Waals surface area contributed by atoms with E-state index in [1.807, 2.05) is 58.4 Å². The first-order valence-electron chi connectivity index (χ1n) is 8.49. The van der Waals surface area contributed by atoms with Crippen LogP contribution < -0.4 is 5.32 Å². The molecule has 0 spiro atoms. The molecule has 0 fully saturated rings. The van der Waals surface area contributed by atoms with Gasteiger partial charge in [-0.3, -0.25) is 9.78 Å². The Kier molecular flexibility index (Phi) is 4.50. The average molecular weight is 362 g/mol. The van der Waals surface area contributed by atoms with Gasteiger partial charge in [0.1, 0.15) is 0 Å². The molecule has 0 atom stereocenters. The van der Waals surface area contributed by atoms with Crippen LogP contribution in [0.5, 0.6) is 0 Å². The predicted octanol–water partition coefficient (Wildman–Crippen LogP) is 3.95. The lowest BCUT2D eigenvalue weighted by Gasteiger charge is -2.04. The molecule has 0 aliphatic rings. The Morgan fingerprint density at radius 2 is 2.12 bits per heavy atom. The van der Waals surface area contributed by atoms with Crippen LogP contribution in [-0.4, -0.2) is 20.3 Å². The zero-order chi connectivity index (χ0) is 17.9. The van der Waals surface area contributed by atoms with E-state index < -0.39 is 0 Å². The van der Waals surface area contributed by atoms with E-state index in [0.29, 0.717) is 12.1 Å². The summed E-state index contributed by atoms with van der Waals surface area (Å²) in [6.07, 6.45) is 4.59. The predicted molar refractivity (Wildman–Crippen MR) is 103 cm³/mol. The van der Waals surface area contributed by atoms with Crippen LogP contribution in [0.4, 0.5) is 0 Å². The zero-order valence-electron chi connectivity index (χ0n) is 14.3. The van der Waals surface area contributed by atoms with Crippen molar-refractivity contribution in [3.05, 3.63) is 76.5 Å². The Morgan fingerprint density at radius 3 is 2.88 bits per heavy atom. The van der Waals surface area contributed by atoms with E-state index in [4.69, 9.17) is 0 Å². The van der Waals surface area contributed by atoms with E-state index in [1.165, 1.54) is 0 Å². The summed E-state index contributed by atoms with van der Waals surface area (Å²) in [5, 5.41) is 6.09. The molecule has 0 aliphatic heterocycles. The minimum atomic E-state index is -0.114. The Hall–Kier alpha value is -2.99. The summed E-state index contributed by atoms with van der Waals surface area (Å²) in [6.45, 7) is 2.49. The minimum absolute atomic E-state index is 0.114. The highest BCUT2D eigenvalue weighted by Crippen LogP contribution is 2.27. The lowest BCUT2D eigenvalue weighted by molar-refractivity contribution is 0.0952. The van der Waals surface area contributed by atoms with Gasteiger partial charge in [0.15, 0.2) is 0 Å². The molecule has 0 aliphatic carbocycles. The average Bonchev–Trinajstić information content (AvgIpc) is 3.31. The van der Waals surface area contributed by atoms with Crippen LogP contribution >= 0.6 is 11.3 Å². The molecule has 0 saturated carbocycles. The molecular formula is C20H18N4OS. The fraction of sp³-hybridized carbons (Fsp3) is 0.150. The van der Waals surface area contributed by atoms with E-state index in [1.54, 1.807) is 17.5 Å². The number of carbonyl (C=O) groups excluding carboxylic acids is 1. The summed E-state index contributed by atoms with van der Waals surface area (Å²) in [7, 11) is 0. The van der Waals surface area contributed by atoms with Crippen molar-refractivity contribution in [2.45, 2.75) is 19.9 Å². The number of thiazole rings is 1. The maximum absolute atomic E-state index is 12.8. The van der Waals surface area contributed by atoms with Crippen LogP contribution in [0.15, 0.2) is 60.2 Å². The van der Waals surface area contributed by atoms with Crippen molar-refractivity contribution in [3.8, 4) is 11.4 Å². The van der Waals surface area contributed by atoms with Crippen LogP contribution in [-0.2, 0) is 13.0 Å². The molecule has 26 heavy (non-hydrogen) atoms. The fourth-order valence-corrected chi connectivity index (χ4v) is 3.63. The molecule has 1 N–H and O–H groups in total. The molecule has 4 heterocycles. The second-order valence-corrected chi connectivity index (χ2v) is 6.83. The lowest BCUT2D eigenvalue weighted by Crippen LogP contribution is -2.23. The van der Waals surface area contributed by atoms with Crippen molar-refractivity contribution < 1.29 is 4.79 Å². The molecule has 1 amide bonds. The van der Waals surface area contributed by atoms with Crippen LogP contribution in [0, 0.1) is 0 Å². The summed E-state index contributed by atoms with van der Waals surface area (Å²) >= 11 is 1.64. The second kappa shape index (κ2) is 7.09. The Labute approximate surface area is 155 Å². The number of aryl methyl sites for hydroxylation is 1. The highest BCUT2D eigenvalue weighted by Gasteiger charge is 2.17. The van der Waals surface area contributed by atoms with Crippen LogP contribution in [0.25, 0.3) is 16.9 Å². The molecule has 0 bridgehead atoms. The number of nitrogens with one attached hydrogen (secondary N) is 1. The minimum Gasteiger partial charge on any atom is -0.346 e. The summed E-state index contributed by atoms with van der Waals surface area (Å²) in [4.78, 5) is 21.7. The van der Waals surface area contributed by atoms with E-state index >= 15 is 0 Å². The van der Waals surface area contributed by atoms with Crippen LogP contribution in [0.2, 0.25) is 0 Å². The quantitative estimate of drug-likeness (QED) is 0.585. The van der Waals surface area contributed by atoms with Crippen molar-refractivity contribution in [1.82, 2.24) is 19.7 Å². The first kappa shape index (κ1) is 16.5. The molecule has 4 rings (SSSR count). The van der Waals surface area contributed by atoms with Gasteiger partial charge in [0.25, 0.3) is 5.91 Å². The van der Waals surface area contributed by atoms with Gasteiger partial charge >= 0.3 is 0 Å². The van der Waals surface area contributed by atoms with Gasteiger partial charge in [0.2, 0.25) is 0 Å². The van der Waals surface area contributed by atoms with E-state index in [2.05, 4.69) is 22.2 Å². The number of hydrogen-bond donors (Lipinski definition) is 1. The molecule has 0 saturated heterocycles. The number of nitrogens with zero attached hydrogens (tertiary/aromatic N) is 3. The van der Waals surface area contributed by atoms with Crippen LogP contribution in [0.3, 0.4) is 0 Å². The molecular weight excluding hydrogens is 344 g/mol. The van der Waals surface area contributed by atoms with Gasteiger partial charge in [-0.1, -0.05) is 19.1 Å². The summed E-state index contributed by atoms with van der Waals surface area (Å²) in [5.41, 5.74) is 4.17. The normalized spacial score (nSPS) is 11.0. The number of hydrogen-bond acceptors (Lipinski definition) is 4. The van der Waals surface area contributed by atoms with Gasteiger partial charge in [-0.25, -0.2) is 4.98 Å². The van der Waals surface area contributed by atoms with Gasteiger partial charge in [-0.15, -0.1) is 11.3 Å². The Balaban J connectivity index is 1.68. The SMILES string of the molecule is CCc1nc(-c2cc(C(=O)NCc3ccccn3)c3ccccn23)cs1. The standard InChI is InChI=1S/C20H18N4OS/c1-2-19-23-16(13-26-19)18-11-15(17-8-4-6-10-24(17)18)20(25)22-12-14-7-3-5-9-21-14/h3-11,13H,2,12H2,1H3,(H,22,25). The summed E-state index contributed by atoms with van der Waals surface area (Å²) < 4.78 is 2.02. The summed E-state index contributed by atoms with van der Waals surface area (Å²) in [5.74, 6) is -0.114. The van der Waals surface area contributed by atoms with Crippen molar-refractivity contribution >= 4 is 22.8 Å². The smallest absolute Gasteiger partial charge is 0.253 e. The monoisotopic (exact) mass is 362 g/mol. The van der Waals surface area contributed by atoms with Gasteiger partial charge < -0.3 is 9.72 Å². The third kappa shape index (κ3) is 3.11. The van der Waals surface area contributed by atoms with Crippen LogP contribution in [0.1, 0.15) is 28.0 Å². The highest BCUT2D eigenvalue weighted by atomic mass is 32.1. The van der Waals surface area contributed by atoms with Crippen molar-refractivity contribution in [2.24, 2.45) is 0 Å². The molecule has 4 aromatic rings. The topological polar surface area (TPSA) is 59.3 Å². The number of rotatable bonds is 5. The lowest BCUT2D eigenvalue weighted by atomic mass is 10.2. The maximum Gasteiger partial charge on any atom is 0.253 e. The van der Waals surface area contributed by atoms with Crippen molar-refractivity contribution in [1.29, 1.82) is 0 Å². The largest absolute Gasteiger partial charge is 0.346 e. The molecule has 6 heteroatoms. The zero-order valence-corrected chi connectivity index (χ0v) is 15.2. The van der Waals surface area contributed by atoms with Gasteiger partial charge in [-0.2, -0.15) is 0 Å². The first-order valence-corrected chi connectivity index (χ1v) is 9.37. The highest BCUT2D eigenvalue weighted by molar-refractivity contribution is 7.09. The fourth-order valence-electron chi connectivity index (χ4n) is 2.89. The van der Waals surface area contributed by atoms with Gasteiger partial charge in [-0.05, 0) is 36.8 Å². The first-order chi connectivity index (χ1) is 12.8. The summed E-state index contributed by atoms with van der Waals surface area (Å²) in [6, 6.07) is 13.4. The third-order valence-corrected chi connectivity index (χ3v) is 5.19. The third-order valence-electron chi connectivity index (χ3n) is 4.19. The van der Waals surface area contributed by atoms with E-state index in [0.717, 1.165) is 34.0 Å². The molecule has 0 unspecified atom stereocenters. The molecule has 5 nitrogen and oxygen atoms in total. The number of aromatic nitrogens is 3. The molecule has 0 aromatic carbocycles. The molecule has 130 valence electrons. The molecule has 4 aromatic heterocycles. The Morgan fingerprint density at radius 1 is 1.23 bits per heavy atom. The van der Waals surface area contributed by atoms with Crippen molar-refractivity contribution in [3.63, 3.8) is 0 Å². The van der Waals surface area contributed by atoms with E-state index in [9.17, 15) is 4.79 Å². The number of fused-ring (bicyclic) bond motifs is 1. The van der Waals surface area contributed by atoms with Crippen molar-refractivity contribution in [2.75, 3.05) is 0 Å². The van der Waals surface area contributed by atoms with E-state index in [-0.39, 0.29) is 5.91 Å². The number of amides is 1.